The zero-order valence-electron chi connectivity index (χ0n) is 16.0. The van der Waals surface area contributed by atoms with Crippen LogP contribution in [0.1, 0.15) is 52.5 Å². The van der Waals surface area contributed by atoms with Crippen molar-refractivity contribution in [3.8, 4) is 5.69 Å². The zero-order chi connectivity index (χ0) is 20.6. The molecular formula is C23H18F3N3O. The van der Waals surface area contributed by atoms with Crippen molar-refractivity contribution in [3.05, 3.63) is 82.4 Å². The minimum atomic E-state index is -0.721. The van der Waals surface area contributed by atoms with Crippen LogP contribution in [0.15, 0.2) is 42.5 Å². The quantitative estimate of drug-likeness (QED) is 0.696. The number of benzene rings is 2. The molecular weight excluding hydrogens is 391 g/mol. The average molecular weight is 409 g/mol. The Morgan fingerprint density at radius 3 is 2.63 bits per heavy atom. The van der Waals surface area contributed by atoms with E-state index in [1.54, 1.807) is 18.2 Å². The molecule has 30 heavy (non-hydrogen) atoms. The van der Waals surface area contributed by atoms with E-state index in [9.17, 15) is 18.0 Å². The Morgan fingerprint density at radius 1 is 1.10 bits per heavy atom. The van der Waals surface area contributed by atoms with E-state index in [0.717, 1.165) is 30.2 Å². The molecule has 152 valence electrons. The van der Waals surface area contributed by atoms with Crippen molar-refractivity contribution in [2.24, 2.45) is 5.92 Å². The topological polar surface area (TPSA) is 46.9 Å². The third-order valence-corrected chi connectivity index (χ3v) is 6.61. The first-order valence-electron chi connectivity index (χ1n) is 10.1. The van der Waals surface area contributed by atoms with Crippen LogP contribution in [-0.4, -0.2) is 15.7 Å². The molecule has 1 amide bonds. The second-order valence-corrected chi connectivity index (χ2v) is 8.54. The van der Waals surface area contributed by atoms with Gasteiger partial charge in [0.25, 0.3) is 5.91 Å². The molecule has 1 aromatic heterocycles. The number of hydrogen-bond donors (Lipinski definition) is 1. The van der Waals surface area contributed by atoms with E-state index in [1.165, 1.54) is 22.9 Å². The van der Waals surface area contributed by atoms with Crippen molar-refractivity contribution in [1.29, 1.82) is 0 Å². The first-order valence-corrected chi connectivity index (χ1v) is 10.1. The molecule has 0 aliphatic heterocycles. The standard InChI is InChI=1S/C23H18F3N3O/c24-13-5-6-19(18(26)11-13)29-21-14-9-12(14)10-15(21)20(28-29)22(30)27-23(7-8-23)16-3-1-2-4-17(16)25/h1-6,11-12,14H,7-10H2,(H,27,30)/t12-,14-/m1/s1. The smallest absolute Gasteiger partial charge is 0.272 e. The summed E-state index contributed by atoms with van der Waals surface area (Å²) in [5, 5.41) is 7.43. The molecule has 2 aromatic carbocycles. The predicted octanol–water partition coefficient (Wildman–Crippen LogP) is 4.37. The number of amides is 1. The average Bonchev–Trinajstić information content (AvgIpc) is 3.59. The van der Waals surface area contributed by atoms with Gasteiger partial charge in [-0.15, -0.1) is 0 Å². The van der Waals surface area contributed by atoms with Crippen molar-refractivity contribution in [1.82, 2.24) is 15.1 Å². The lowest BCUT2D eigenvalue weighted by Gasteiger charge is -2.18. The molecule has 1 heterocycles. The lowest BCUT2D eigenvalue weighted by molar-refractivity contribution is 0.0923. The number of nitrogens with zero attached hydrogens (tertiary/aromatic N) is 2. The van der Waals surface area contributed by atoms with Gasteiger partial charge in [0, 0.05) is 23.1 Å². The molecule has 3 aliphatic carbocycles. The Balaban J connectivity index is 1.39. The maximum atomic E-state index is 14.5. The highest BCUT2D eigenvalue weighted by Gasteiger charge is 2.52. The van der Waals surface area contributed by atoms with Crippen LogP contribution in [0.5, 0.6) is 0 Å². The third kappa shape index (κ3) is 2.54. The first-order chi connectivity index (χ1) is 14.5. The van der Waals surface area contributed by atoms with Gasteiger partial charge in [-0.3, -0.25) is 4.79 Å². The molecule has 6 rings (SSSR count). The van der Waals surface area contributed by atoms with Crippen LogP contribution in [0.25, 0.3) is 5.69 Å². The fourth-order valence-corrected chi connectivity index (χ4v) is 4.85. The van der Waals surface area contributed by atoms with Crippen LogP contribution in [-0.2, 0) is 12.0 Å². The number of halogens is 3. The van der Waals surface area contributed by atoms with E-state index >= 15 is 0 Å². The SMILES string of the molecule is O=C(NC1(c2ccccc2F)CC1)c1nn(-c2ccc(F)cc2F)c2c1C[C@H]1C[C@@H]21. The molecule has 7 heteroatoms. The summed E-state index contributed by atoms with van der Waals surface area (Å²) in [5.74, 6) is -1.42. The van der Waals surface area contributed by atoms with Gasteiger partial charge >= 0.3 is 0 Å². The second kappa shape index (κ2) is 5.97. The molecule has 2 fully saturated rings. The van der Waals surface area contributed by atoms with Crippen molar-refractivity contribution >= 4 is 5.91 Å². The van der Waals surface area contributed by atoms with Crippen LogP contribution in [0.2, 0.25) is 0 Å². The van der Waals surface area contributed by atoms with Gasteiger partial charge in [-0.2, -0.15) is 5.10 Å². The highest BCUT2D eigenvalue weighted by Crippen LogP contribution is 2.57. The number of hydrogen-bond acceptors (Lipinski definition) is 2. The fourth-order valence-electron chi connectivity index (χ4n) is 4.85. The Labute approximate surface area is 170 Å². The molecule has 0 saturated heterocycles. The monoisotopic (exact) mass is 409 g/mol. The van der Waals surface area contributed by atoms with Gasteiger partial charge in [0.15, 0.2) is 11.5 Å². The lowest BCUT2D eigenvalue weighted by Crippen LogP contribution is -2.36. The molecule has 2 saturated carbocycles. The highest BCUT2D eigenvalue weighted by atomic mass is 19.1. The van der Waals surface area contributed by atoms with Gasteiger partial charge < -0.3 is 5.32 Å². The van der Waals surface area contributed by atoms with Crippen molar-refractivity contribution in [2.75, 3.05) is 0 Å². The van der Waals surface area contributed by atoms with Gasteiger partial charge in [0.2, 0.25) is 0 Å². The Morgan fingerprint density at radius 2 is 1.90 bits per heavy atom. The number of nitrogens with one attached hydrogen (secondary N) is 1. The van der Waals surface area contributed by atoms with Crippen molar-refractivity contribution < 1.29 is 18.0 Å². The summed E-state index contributed by atoms with van der Waals surface area (Å²) in [6, 6.07) is 9.80. The maximum absolute atomic E-state index is 14.5. The number of rotatable bonds is 4. The highest BCUT2D eigenvalue weighted by molar-refractivity contribution is 5.95. The summed E-state index contributed by atoms with van der Waals surface area (Å²) in [6.07, 6.45) is 3.01. The number of carbonyl (C=O) groups excluding carboxylic acids is 1. The van der Waals surface area contributed by atoms with Gasteiger partial charge in [-0.1, -0.05) is 18.2 Å². The van der Waals surface area contributed by atoms with E-state index in [4.69, 9.17) is 0 Å². The van der Waals surface area contributed by atoms with Gasteiger partial charge in [-0.25, -0.2) is 17.9 Å². The minimum absolute atomic E-state index is 0.134. The normalized spacial score (nSPS) is 22.4. The first kappa shape index (κ1) is 17.7. The predicted molar refractivity (Wildman–Crippen MR) is 103 cm³/mol. The third-order valence-electron chi connectivity index (χ3n) is 6.61. The van der Waals surface area contributed by atoms with Gasteiger partial charge in [0.1, 0.15) is 17.3 Å². The van der Waals surface area contributed by atoms with E-state index < -0.39 is 17.2 Å². The van der Waals surface area contributed by atoms with E-state index in [0.29, 0.717) is 24.3 Å². The minimum Gasteiger partial charge on any atom is -0.341 e. The summed E-state index contributed by atoms with van der Waals surface area (Å²) in [7, 11) is 0. The van der Waals surface area contributed by atoms with Crippen LogP contribution in [0, 0.1) is 23.4 Å². The van der Waals surface area contributed by atoms with E-state index in [2.05, 4.69) is 10.4 Å². The summed E-state index contributed by atoms with van der Waals surface area (Å²) in [6.45, 7) is 0. The van der Waals surface area contributed by atoms with Gasteiger partial charge in [0.05, 0.1) is 11.2 Å². The van der Waals surface area contributed by atoms with Crippen molar-refractivity contribution in [2.45, 2.75) is 37.1 Å². The maximum Gasteiger partial charge on any atom is 0.272 e. The Hall–Kier alpha value is -3.09. The summed E-state index contributed by atoms with van der Waals surface area (Å²) < 4.78 is 43.6. The number of aromatic nitrogens is 2. The zero-order valence-corrected chi connectivity index (χ0v) is 16.0. The summed E-state index contributed by atoms with van der Waals surface area (Å²) >= 11 is 0. The Bertz CT molecular complexity index is 1210. The van der Waals surface area contributed by atoms with Crippen molar-refractivity contribution in [3.63, 3.8) is 0 Å². The van der Waals surface area contributed by atoms with Crippen LogP contribution < -0.4 is 5.32 Å². The lowest BCUT2D eigenvalue weighted by atomic mass is 10.0. The summed E-state index contributed by atoms with van der Waals surface area (Å²) in [4.78, 5) is 13.2. The Kier molecular flexibility index (Phi) is 3.53. The molecule has 0 unspecified atom stereocenters. The van der Waals surface area contributed by atoms with Gasteiger partial charge in [-0.05, 0) is 49.8 Å². The van der Waals surface area contributed by atoms with Crippen LogP contribution >= 0.6 is 0 Å². The molecule has 2 atom stereocenters. The number of carbonyl (C=O) groups is 1. The molecule has 1 N–H and O–H groups in total. The molecule has 3 aliphatic rings. The molecule has 0 radical (unpaired) electrons. The van der Waals surface area contributed by atoms with E-state index in [1.807, 2.05) is 0 Å². The molecule has 0 bridgehead atoms. The number of fused-ring (bicyclic) bond motifs is 3. The molecule has 0 spiro atoms. The van der Waals surface area contributed by atoms with E-state index in [-0.39, 0.29) is 29.0 Å². The molecule has 3 aromatic rings. The second-order valence-electron chi connectivity index (χ2n) is 8.54. The fraction of sp³-hybridized carbons (Fsp3) is 0.304. The summed E-state index contributed by atoms with van der Waals surface area (Å²) in [5.41, 5.74) is 1.80. The molecule has 4 nitrogen and oxygen atoms in total. The van der Waals surface area contributed by atoms with Crippen LogP contribution in [0.4, 0.5) is 13.2 Å². The largest absolute Gasteiger partial charge is 0.341 e. The van der Waals surface area contributed by atoms with Crippen LogP contribution in [0.3, 0.4) is 0 Å².